The van der Waals surface area contributed by atoms with Crippen molar-refractivity contribution in [3.63, 3.8) is 0 Å². The second-order valence-corrected chi connectivity index (χ2v) is 4.55. The zero-order valence-corrected chi connectivity index (χ0v) is 12.0. The Balaban J connectivity index is 3.23. The number of benzene rings is 1. The molecule has 0 aliphatic rings. The molecule has 4 nitrogen and oxygen atoms in total. The Kier molecular flexibility index (Phi) is 5.55. The fraction of sp³-hybridized carbons (Fsp3) is 0.467. The number of hydrogen-bond acceptors (Lipinski definition) is 3. The van der Waals surface area contributed by atoms with E-state index >= 15 is 0 Å². The monoisotopic (exact) mass is 263 g/mol. The number of hydrogen-bond donors (Lipinski definition) is 1. The van der Waals surface area contributed by atoms with Crippen molar-refractivity contribution >= 4 is 17.6 Å². The molecule has 104 valence electrons. The molecule has 1 rings (SSSR count). The first-order valence-corrected chi connectivity index (χ1v) is 6.49. The highest BCUT2D eigenvalue weighted by Gasteiger charge is 2.17. The number of anilines is 1. The topological polar surface area (TPSA) is 55.4 Å². The van der Waals surface area contributed by atoms with Gasteiger partial charge >= 0.3 is 5.97 Å². The highest BCUT2D eigenvalue weighted by molar-refractivity contribution is 6.01. The van der Waals surface area contributed by atoms with Gasteiger partial charge in [-0.1, -0.05) is 19.4 Å². The minimum Gasteiger partial charge on any atom is -0.465 e. The quantitative estimate of drug-likeness (QED) is 0.830. The van der Waals surface area contributed by atoms with Crippen molar-refractivity contribution in [2.45, 2.75) is 40.0 Å². The van der Waals surface area contributed by atoms with E-state index in [1.807, 2.05) is 13.0 Å². The number of esters is 1. The maximum Gasteiger partial charge on any atom is 0.339 e. The van der Waals surface area contributed by atoms with Crippen molar-refractivity contribution < 1.29 is 14.3 Å². The van der Waals surface area contributed by atoms with E-state index in [1.54, 1.807) is 6.07 Å². The van der Waals surface area contributed by atoms with E-state index in [1.165, 1.54) is 14.0 Å². The van der Waals surface area contributed by atoms with Gasteiger partial charge in [-0.3, -0.25) is 4.79 Å². The zero-order chi connectivity index (χ0) is 14.4. The van der Waals surface area contributed by atoms with Crippen LogP contribution in [-0.4, -0.2) is 19.0 Å². The second kappa shape index (κ2) is 6.92. The smallest absolute Gasteiger partial charge is 0.339 e. The third-order valence-electron chi connectivity index (χ3n) is 3.08. The van der Waals surface area contributed by atoms with Gasteiger partial charge in [-0.2, -0.15) is 0 Å². The van der Waals surface area contributed by atoms with Crippen LogP contribution in [0.5, 0.6) is 0 Å². The minimum absolute atomic E-state index is 0.194. The van der Waals surface area contributed by atoms with Crippen LogP contribution >= 0.6 is 0 Å². The number of aryl methyl sites for hydroxylation is 1. The van der Waals surface area contributed by atoms with Gasteiger partial charge in [-0.25, -0.2) is 4.79 Å². The standard InChI is InChI=1S/C15H21NO3/c1-5-6-7-12-8-9-13(15(18)19-4)14(10(12)2)16-11(3)17/h8-9H,5-7H2,1-4H3,(H,16,17). The molecule has 0 aliphatic heterocycles. The lowest BCUT2D eigenvalue weighted by Crippen LogP contribution is -2.14. The Morgan fingerprint density at radius 2 is 2.00 bits per heavy atom. The third kappa shape index (κ3) is 3.81. The Labute approximate surface area is 114 Å². The van der Waals surface area contributed by atoms with Gasteiger partial charge in [0, 0.05) is 6.92 Å². The molecule has 1 amide bonds. The van der Waals surface area contributed by atoms with Crippen LogP contribution < -0.4 is 5.32 Å². The summed E-state index contributed by atoms with van der Waals surface area (Å²) >= 11 is 0. The first-order valence-electron chi connectivity index (χ1n) is 6.49. The predicted octanol–water partition coefficient (Wildman–Crippen LogP) is 3.08. The maximum absolute atomic E-state index is 11.7. The van der Waals surface area contributed by atoms with E-state index < -0.39 is 5.97 Å². The van der Waals surface area contributed by atoms with Crippen LogP contribution in [0, 0.1) is 6.92 Å². The molecule has 19 heavy (non-hydrogen) atoms. The van der Waals surface area contributed by atoms with Crippen LogP contribution in [0.1, 0.15) is 48.2 Å². The lowest BCUT2D eigenvalue weighted by Gasteiger charge is -2.15. The summed E-state index contributed by atoms with van der Waals surface area (Å²) in [7, 11) is 1.33. The number of amides is 1. The van der Waals surface area contributed by atoms with E-state index in [0.717, 1.165) is 30.4 Å². The molecule has 0 heterocycles. The summed E-state index contributed by atoms with van der Waals surface area (Å²) in [5.41, 5.74) is 3.05. The van der Waals surface area contributed by atoms with Crippen LogP contribution in [0.3, 0.4) is 0 Å². The summed E-state index contributed by atoms with van der Waals surface area (Å²) in [4.78, 5) is 23.0. The van der Waals surface area contributed by atoms with Gasteiger partial charge in [0.25, 0.3) is 0 Å². The number of rotatable bonds is 5. The molecule has 0 saturated carbocycles. The fourth-order valence-corrected chi connectivity index (χ4v) is 2.01. The largest absolute Gasteiger partial charge is 0.465 e. The van der Waals surface area contributed by atoms with Crippen LogP contribution in [0.25, 0.3) is 0 Å². The molecule has 0 aliphatic carbocycles. The predicted molar refractivity (Wildman–Crippen MR) is 75.4 cm³/mol. The summed E-state index contributed by atoms with van der Waals surface area (Å²) in [5, 5.41) is 2.73. The lowest BCUT2D eigenvalue weighted by molar-refractivity contribution is -0.114. The molecule has 0 aromatic heterocycles. The van der Waals surface area contributed by atoms with Crippen LogP contribution in [0.4, 0.5) is 5.69 Å². The van der Waals surface area contributed by atoms with Crippen LogP contribution in [0.2, 0.25) is 0 Å². The van der Waals surface area contributed by atoms with Crippen molar-refractivity contribution in [2.24, 2.45) is 0 Å². The molecule has 0 atom stereocenters. The van der Waals surface area contributed by atoms with Gasteiger partial charge < -0.3 is 10.1 Å². The normalized spacial score (nSPS) is 10.1. The van der Waals surface area contributed by atoms with Crippen molar-refractivity contribution in [3.05, 3.63) is 28.8 Å². The maximum atomic E-state index is 11.7. The molecule has 1 aromatic rings. The summed E-state index contributed by atoms with van der Waals surface area (Å²) in [6.45, 7) is 5.48. The van der Waals surface area contributed by atoms with Gasteiger partial charge in [-0.05, 0) is 37.0 Å². The van der Waals surface area contributed by atoms with Gasteiger partial charge in [0.15, 0.2) is 0 Å². The zero-order valence-electron chi connectivity index (χ0n) is 12.0. The van der Waals surface area contributed by atoms with Crippen molar-refractivity contribution in [3.8, 4) is 0 Å². The number of nitrogens with one attached hydrogen (secondary N) is 1. The second-order valence-electron chi connectivity index (χ2n) is 4.55. The lowest BCUT2D eigenvalue weighted by atomic mass is 9.98. The third-order valence-corrected chi connectivity index (χ3v) is 3.08. The molecule has 0 unspecified atom stereocenters. The molecular weight excluding hydrogens is 242 g/mol. The molecule has 0 spiro atoms. The molecular formula is C15H21NO3. The summed E-state index contributed by atoms with van der Waals surface area (Å²) in [6.07, 6.45) is 3.13. The van der Waals surface area contributed by atoms with E-state index in [9.17, 15) is 9.59 Å². The highest BCUT2D eigenvalue weighted by atomic mass is 16.5. The average Bonchev–Trinajstić information content (AvgIpc) is 2.38. The van der Waals surface area contributed by atoms with Crippen molar-refractivity contribution in [1.82, 2.24) is 0 Å². The number of carbonyl (C=O) groups is 2. The van der Waals surface area contributed by atoms with Gasteiger partial charge in [-0.15, -0.1) is 0 Å². The van der Waals surface area contributed by atoms with Crippen LogP contribution in [0.15, 0.2) is 12.1 Å². The summed E-state index contributed by atoms with van der Waals surface area (Å²) in [5.74, 6) is -0.630. The average molecular weight is 263 g/mol. The Morgan fingerprint density at radius 3 is 2.53 bits per heavy atom. The summed E-state index contributed by atoms with van der Waals surface area (Å²) in [6, 6.07) is 3.65. The Morgan fingerprint density at radius 1 is 1.32 bits per heavy atom. The number of ether oxygens (including phenoxy) is 1. The van der Waals surface area contributed by atoms with Crippen molar-refractivity contribution in [2.75, 3.05) is 12.4 Å². The SMILES string of the molecule is CCCCc1ccc(C(=O)OC)c(NC(C)=O)c1C. The molecule has 4 heteroatoms. The first kappa shape index (κ1) is 15.2. The molecule has 0 saturated heterocycles. The highest BCUT2D eigenvalue weighted by Crippen LogP contribution is 2.26. The van der Waals surface area contributed by atoms with Gasteiger partial charge in [0.2, 0.25) is 5.91 Å². The number of carbonyl (C=O) groups excluding carboxylic acids is 2. The van der Waals surface area contributed by atoms with E-state index in [-0.39, 0.29) is 5.91 Å². The van der Waals surface area contributed by atoms with Crippen molar-refractivity contribution in [1.29, 1.82) is 0 Å². The fourth-order valence-electron chi connectivity index (χ4n) is 2.01. The number of unbranched alkanes of at least 4 members (excludes halogenated alkanes) is 1. The summed E-state index contributed by atoms with van der Waals surface area (Å²) < 4.78 is 4.74. The van der Waals surface area contributed by atoms with E-state index in [2.05, 4.69) is 12.2 Å². The van der Waals surface area contributed by atoms with E-state index in [0.29, 0.717) is 11.3 Å². The first-order chi connectivity index (χ1) is 9.01. The Hall–Kier alpha value is -1.84. The minimum atomic E-state index is -0.436. The van der Waals surface area contributed by atoms with Gasteiger partial charge in [0.05, 0.1) is 18.4 Å². The molecule has 0 bridgehead atoms. The van der Waals surface area contributed by atoms with Gasteiger partial charge in [0.1, 0.15) is 0 Å². The molecule has 0 fully saturated rings. The molecule has 1 aromatic carbocycles. The number of methoxy groups -OCH3 is 1. The Bertz CT molecular complexity index is 481. The molecule has 0 radical (unpaired) electrons. The van der Waals surface area contributed by atoms with Crippen LogP contribution in [-0.2, 0) is 16.0 Å². The molecule has 1 N–H and O–H groups in total. The van der Waals surface area contributed by atoms with E-state index in [4.69, 9.17) is 4.74 Å².